The molecule has 0 saturated heterocycles. The lowest BCUT2D eigenvalue weighted by Gasteiger charge is -2.19. The van der Waals surface area contributed by atoms with E-state index in [1.54, 1.807) is 17.2 Å². The zero-order chi connectivity index (χ0) is 25.2. The van der Waals surface area contributed by atoms with Crippen LogP contribution in [0.5, 0.6) is 0 Å². The quantitative estimate of drug-likeness (QED) is 0.357. The van der Waals surface area contributed by atoms with Gasteiger partial charge in [-0.2, -0.15) is 0 Å². The van der Waals surface area contributed by atoms with Crippen molar-refractivity contribution in [3.8, 4) is 0 Å². The molecule has 36 heavy (non-hydrogen) atoms. The minimum Gasteiger partial charge on any atom is -0.388 e. The van der Waals surface area contributed by atoms with Gasteiger partial charge in [0.15, 0.2) is 5.65 Å². The Morgan fingerprint density at radius 1 is 1.11 bits per heavy atom. The molecule has 1 fully saturated rings. The molecule has 1 aromatic carbocycles. The van der Waals surface area contributed by atoms with Crippen LogP contribution in [0.1, 0.15) is 58.2 Å². The molecule has 1 amide bonds. The maximum absolute atomic E-state index is 13.0. The van der Waals surface area contributed by atoms with Gasteiger partial charge in [-0.15, -0.1) is 10.2 Å². The Morgan fingerprint density at radius 3 is 2.64 bits per heavy atom. The average Bonchev–Trinajstić information content (AvgIpc) is 3.50. The molecule has 0 spiro atoms. The van der Waals surface area contributed by atoms with Crippen LogP contribution in [0.4, 0.5) is 0 Å². The summed E-state index contributed by atoms with van der Waals surface area (Å²) in [6.45, 7) is 2.41. The first-order valence-corrected chi connectivity index (χ1v) is 12.7. The highest BCUT2D eigenvalue weighted by Crippen LogP contribution is 2.40. The summed E-state index contributed by atoms with van der Waals surface area (Å²) in [6, 6.07) is 15.4. The second kappa shape index (κ2) is 10.4. The zero-order valence-electron chi connectivity index (χ0n) is 20.5. The summed E-state index contributed by atoms with van der Waals surface area (Å²) >= 11 is 5.87. The molecule has 3 atom stereocenters. The van der Waals surface area contributed by atoms with Crippen LogP contribution in [-0.2, 0) is 13.0 Å². The summed E-state index contributed by atoms with van der Waals surface area (Å²) in [4.78, 5) is 18.8. The Morgan fingerprint density at radius 2 is 1.89 bits per heavy atom. The van der Waals surface area contributed by atoms with E-state index in [4.69, 9.17) is 11.6 Å². The summed E-state index contributed by atoms with van der Waals surface area (Å²) in [5.74, 6) is 1.56. The number of carbonyl (C=O) groups excluding carboxylic acids is 1. The van der Waals surface area contributed by atoms with E-state index in [1.807, 2.05) is 54.9 Å². The third-order valence-corrected chi connectivity index (χ3v) is 7.47. The smallest absolute Gasteiger partial charge is 0.253 e. The van der Waals surface area contributed by atoms with Crippen LogP contribution in [0.3, 0.4) is 0 Å². The van der Waals surface area contributed by atoms with Crippen molar-refractivity contribution in [2.45, 2.75) is 45.3 Å². The lowest BCUT2D eigenvalue weighted by Crippen LogP contribution is -2.26. The van der Waals surface area contributed by atoms with Crippen LogP contribution >= 0.6 is 11.6 Å². The van der Waals surface area contributed by atoms with Crippen molar-refractivity contribution in [1.82, 2.24) is 24.5 Å². The monoisotopic (exact) mass is 503 g/mol. The van der Waals surface area contributed by atoms with Crippen molar-refractivity contribution in [2.75, 3.05) is 7.05 Å². The van der Waals surface area contributed by atoms with Crippen LogP contribution in [0.15, 0.2) is 60.9 Å². The number of benzene rings is 1. The van der Waals surface area contributed by atoms with Crippen LogP contribution in [0.2, 0.25) is 5.15 Å². The molecule has 0 unspecified atom stereocenters. The molecule has 4 aromatic rings. The highest BCUT2D eigenvalue weighted by molar-refractivity contribution is 6.29. The predicted octanol–water partition coefficient (Wildman–Crippen LogP) is 5.05. The molecule has 186 valence electrons. The highest BCUT2D eigenvalue weighted by Gasteiger charge is 2.31. The Balaban J connectivity index is 1.16. The van der Waals surface area contributed by atoms with Crippen LogP contribution in [0, 0.1) is 18.8 Å². The fourth-order valence-corrected chi connectivity index (χ4v) is 5.36. The van der Waals surface area contributed by atoms with E-state index in [-0.39, 0.29) is 11.8 Å². The van der Waals surface area contributed by atoms with E-state index in [9.17, 15) is 9.90 Å². The van der Waals surface area contributed by atoms with Gasteiger partial charge in [0, 0.05) is 31.5 Å². The summed E-state index contributed by atoms with van der Waals surface area (Å²) in [7, 11) is 1.82. The number of amides is 1. The summed E-state index contributed by atoms with van der Waals surface area (Å²) in [6.07, 6.45) is 7.14. The maximum atomic E-state index is 13.0. The second-order valence-electron chi connectivity index (χ2n) is 9.87. The molecule has 5 rings (SSSR count). The SMILES string of the molecule is Cc1nnc2ccc(CN(C)C(=O)c3ccc(C[C@@H]4CC[C@H]([C@H](O)c5ccc(Cl)nc5)C4)cc3)cn12. The van der Waals surface area contributed by atoms with Gasteiger partial charge in [0.05, 0.1) is 6.10 Å². The number of rotatable bonds is 7. The average molecular weight is 504 g/mol. The summed E-state index contributed by atoms with van der Waals surface area (Å²) in [5.41, 5.74) is 4.54. The minimum atomic E-state index is -0.509. The van der Waals surface area contributed by atoms with Crippen molar-refractivity contribution in [2.24, 2.45) is 11.8 Å². The first-order chi connectivity index (χ1) is 17.4. The van der Waals surface area contributed by atoms with E-state index < -0.39 is 6.10 Å². The molecule has 1 aliphatic carbocycles. The predicted molar refractivity (Wildman–Crippen MR) is 139 cm³/mol. The number of pyridine rings is 2. The number of aliphatic hydroxyl groups is 1. The number of hydrogen-bond acceptors (Lipinski definition) is 5. The third kappa shape index (κ3) is 5.27. The second-order valence-corrected chi connectivity index (χ2v) is 10.3. The topological polar surface area (TPSA) is 83.6 Å². The molecule has 0 bridgehead atoms. The number of aromatic nitrogens is 4. The van der Waals surface area contributed by atoms with Crippen molar-refractivity contribution in [1.29, 1.82) is 0 Å². The largest absolute Gasteiger partial charge is 0.388 e. The highest BCUT2D eigenvalue weighted by atomic mass is 35.5. The van der Waals surface area contributed by atoms with E-state index >= 15 is 0 Å². The fraction of sp³-hybridized carbons (Fsp3) is 0.357. The van der Waals surface area contributed by atoms with Gasteiger partial charge >= 0.3 is 0 Å². The number of halogens is 1. The number of hydrogen-bond donors (Lipinski definition) is 1. The van der Waals surface area contributed by atoms with E-state index in [0.29, 0.717) is 23.2 Å². The number of carbonyl (C=O) groups is 1. The van der Waals surface area contributed by atoms with Crippen molar-refractivity contribution >= 4 is 23.2 Å². The molecular formula is C28H30ClN5O2. The van der Waals surface area contributed by atoms with Gasteiger partial charge in [0.2, 0.25) is 0 Å². The van der Waals surface area contributed by atoms with E-state index in [0.717, 1.165) is 48.3 Å². The van der Waals surface area contributed by atoms with Crippen LogP contribution in [-0.4, -0.2) is 42.5 Å². The van der Waals surface area contributed by atoms with Crippen molar-refractivity contribution in [3.05, 3.63) is 94.2 Å². The van der Waals surface area contributed by atoms with Gasteiger partial charge < -0.3 is 10.0 Å². The van der Waals surface area contributed by atoms with Crippen molar-refractivity contribution in [3.63, 3.8) is 0 Å². The molecule has 1 saturated carbocycles. The van der Waals surface area contributed by atoms with Crippen LogP contribution < -0.4 is 0 Å². The van der Waals surface area contributed by atoms with Gasteiger partial charge in [0.1, 0.15) is 11.0 Å². The summed E-state index contributed by atoms with van der Waals surface area (Å²) < 4.78 is 1.93. The van der Waals surface area contributed by atoms with Crippen molar-refractivity contribution < 1.29 is 9.90 Å². The van der Waals surface area contributed by atoms with Gasteiger partial charge in [0.25, 0.3) is 5.91 Å². The van der Waals surface area contributed by atoms with E-state index in [1.165, 1.54) is 5.56 Å². The van der Waals surface area contributed by atoms with E-state index in [2.05, 4.69) is 27.3 Å². The minimum absolute atomic E-state index is 0.0113. The molecular weight excluding hydrogens is 474 g/mol. The number of aryl methyl sites for hydroxylation is 1. The number of nitrogens with zero attached hydrogens (tertiary/aromatic N) is 5. The molecule has 8 heteroatoms. The Kier molecular flexibility index (Phi) is 7.03. The molecule has 1 aliphatic rings. The summed E-state index contributed by atoms with van der Waals surface area (Å²) in [5, 5.41) is 19.4. The lowest BCUT2D eigenvalue weighted by molar-refractivity contribution is 0.0785. The first-order valence-electron chi connectivity index (χ1n) is 12.3. The molecule has 7 nitrogen and oxygen atoms in total. The number of fused-ring (bicyclic) bond motifs is 1. The Labute approximate surface area is 215 Å². The van der Waals surface area contributed by atoms with Crippen LogP contribution in [0.25, 0.3) is 5.65 Å². The zero-order valence-corrected chi connectivity index (χ0v) is 21.3. The fourth-order valence-electron chi connectivity index (χ4n) is 5.25. The lowest BCUT2D eigenvalue weighted by atomic mass is 9.92. The molecule has 0 aliphatic heterocycles. The molecule has 3 heterocycles. The standard InChI is InChI=1S/C28H30ClN5O2/c1-18-31-32-26-12-6-21(17-34(18)26)16-33(2)28(36)22-7-3-19(4-8-22)13-20-5-9-23(14-20)27(35)24-10-11-25(29)30-15-24/h3-4,6-8,10-12,15,17,20,23,27,35H,5,9,13-14,16H2,1-2H3/t20-,23-,27-/m0/s1. The Bertz CT molecular complexity index is 1350. The third-order valence-electron chi connectivity index (χ3n) is 7.25. The Hall–Kier alpha value is -3.29. The van der Waals surface area contributed by atoms with Gasteiger partial charge in [-0.25, -0.2) is 4.98 Å². The van der Waals surface area contributed by atoms with Gasteiger partial charge in [-0.05, 0) is 85.4 Å². The molecule has 1 N–H and O–H groups in total. The first kappa shape index (κ1) is 24.4. The maximum Gasteiger partial charge on any atom is 0.253 e. The number of aliphatic hydroxyl groups excluding tert-OH is 1. The van der Waals surface area contributed by atoms with Gasteiger partial charge in [-0.1, -0.05) is 35.9 Å². The normalized spacial score (nSPS) is 18.4. The van der Waals surface area contributed by atoms with Gasteiger partial charge in [-0.3, -0.25) is 9.20 Å². The molecule has 0 radical (unpaired) electrons. The molecule has 3 aromatic heterocycles.